The number of pyridine rings is 1. The fourth-order valence-corrected chi connectivity index (χ4v) is 2.77. The molecular weight excluding hydrogens is 280 g/mol. The maximum atomic E-state index is 12.7. The lowest BCUT2D eigenvalue weighted by Gasteiger charge is -2.27. The fraction of sp³-hybridized carbons (Fsp3) is 0.438. The van der Waals surface area contributed by atoms with Crippen molar-refractivity contribution in [1.82, 2.24) is 20.4 Å². The smallest absolute Gasteiger partial charge is 0.276 e. The molecule has 1 saturated heterocycles. The van der Waals surface area contributed by atoms with Crippen LogP contribution < -0.4 is 5.32 Å². The molecule has 0 aliphatic carbocycles. The number of aromatic nitrogens is 2. The lowest BCUT2D eigenvalue weighted by molar-refractivity contribution is 0.0681. The van der Waals surface area contributed by atoms with Crippen LogP contribution >= 0.6 is 0 Å². The molecule has 1 N–H and O–H groups in total. The molecule has 3 rings (SSSR count). The highest BCUT2D eigenvalue weighted by atomic mass is 16.5. The van der Waals surface area contributed by atoms with Crippen molar-refractivity contribution in [1.29, 1.82) is 0 Å². The number of hydrogen-bond acceptors (Lipinski definition) is 5. The zero-order chi connectivity index (χ0) is 15.4. The third-order valence-corrected chi connectivity index (χ3v) is 3.89. The number of amides is 1. The van der Waals surface area contributed by atoms with Gasteiger partial charge in [-0.05, 0) is 31.5 Å². The van der Waals surface area contributed by atoms with E-state index in [9.17, 15) is 4.79 Å². The molecule has 0 spiro atoms. The van der Waals surface area contributed by atoms with Crippen LogP contribution in [0.15, 0.2) is 35.1 Å². The van der Waals surface area contributed by atoms with E-state index in [0.29, 0.717) is 11.5 Å². The maximum absolute atomic E-state index is 12.7. The Hall–Kier alpha value is -2.21. The van der Waals surface area contributed by atoms with Gasteiger partial charge >= 0.3 is 0 Å². The summed E-state index contributed by atoms with van der Waals surface area (Å²) in [5, 5.41) is 7.26. The van der Waals surface area contributed by atoms with Crippen LogP contribution in [0.1, 0.15) is 30.3 Å². The van der Waals surface area contributed by atoms with E-state index in [-0.39, 0.29) is 11.9 Å². The van der Waals surface area contributed by atoms with Crippen LogP contribution in [-0.2, 0) is 0 Å². The number of carbonyl (C=O) groups is 1. The first-order valence-corrected chi connectivity index (χ1v) is 7.68. The van der Waals surface area contributed by atoms with Gasteiger partial charge in [0.2, 0.25) is 0 Å². The van der Waals surface area contributed by atoms with Gasteiger partial charge in [-0.2, -0.15) is 0 Å². The lowest BCUT2D eigenvalue weighted by atomic mass is 10.1. The first-order chi connectivity index (χ1) is 10.8. The summed E-state index contributed by atoms with van der Waals surface area (Å²) in [6.07, 6.45) is 5.29. The minimum absolute atomic E-state index is 0.0559. The van der Waals surface area contributed by atoms with Gasteiger partial charge < -0.3 is 14.7 Å². The van der Waals surface area contributed by atoms with Crippen molar-refractivity contribution in [3.8, 4) is 11.3 Å². The molecule has 1 aliphatic heterocycles. The van der Waals surface area contributed by atoms with Gasteiger partial charge in [0.15, 0.2) is 11.5 Å². The summed E-state index contributed by atoms with van der Waals surface area (Å²) in [6.45, 7) is 4.62. The number of carbonyl (C=O) groups excluding carboxylic acids is 1. The third kappa shape index (κ3) is 3.01. The van der Waals surface area contributed by atoms with Crippen LogP contribution in [0, 0.1) is 0 Å². The van der Waals surface area contributed by atoms with E-state index in [4.69, 9.17) is 4.52 Å². The van der Waals surface area contributed by atoms with Crippen molar-refractivity contribution in [3.63, 3.8) is 0 Å². The molecule has 1 aliphatic rings. The largest absolute Gasteiger partial charge is 0.355 e. The summed E-state index contributed by atoms with van der Waals surface area (Å²) < 4.78 is 5.32. The topological polar surface area (TPSA) is 71.3 Å². The van der Waals surface area contributed by atoms with Crippen LogP contribution in [0.25, 0.3) is 11.3 Å². The average Bonchev–Trinajstić information content (AvgIpc) is 3.24. The number of nitrogens with one attached hydrogen (secondary N) is 1. The van der Waals surface area contributed by atoms with Crippen LogP contribution in [0.5, 0.6) is 0 Å². The lowest BCUT2D eigenvalue weighted by Crippen LogP contribution is -2.42. The third-order valence-electron chi connectivity index (χ3n) is 3.89. The first kappa shape index (κ1) is 14.7. The van der Waals surface area contributed by atoms with E-state index < -0.39 is 0 Å². The van der Waals surface area contributed by atoms with Crippen LogP contribution in [-0.4, -0.2) is 46.6 Å². The molecule has 0 bridgehead atoms. The molecule has 6 heteroatoms. The summed E-state index contributed by atoms with van der Waals surface area (Å²) in [5.74, 6) is 0.534. The normalized spacial score (nSPS) is 17.6. The molecule has 0 aromatic carbocycles. The highest BCUT2D eigenvalue weighted by Gasteiger charge is 2.28. The van der Waals surface area contributed by atoms with Crippen LogP contribution in [0.4, 0.5) is 0 Å². The van der Waals surface area contributed by atoms with E-state index in [1.165, 1.54) is 0 Å². The van der Waals surface area contributed by atoms with E-state index in [1.807, 2.05) is 17.0 Å². The molecule has 0 saturated carbocycles. The van der Waals surface area contributed by atoms with Gasteiger partial charge in [0.1, 0.15) is 0 Å². The zero-order valence-electron chi connectivity index (χ0n) is 12.7. The van der Waals surface area contributed by atoms with Gasteiger partial charge in [0.05, 0.1) is 0 Å². The van der Waals surface area contributed by atoms with Crippen molar-refractivity contribution in [3.05, 3.63) is 36.3 Å². The maximum Gasteiger partial charge on any atom is 0.276 e. The van der Waals surface area contributed by atoms with Crippen molar-refractivity contribution in [2.75, 3.05) is 19.6 Å². The standard InChI is InChI=1S/C16H20N4O2/c1-2-9-20(13-5-8-18-11-13)16(21)14-10-15(22-19-14)12-3-6-17-7-4-12/h3-4,6-7,10,13,18H,2,5,8-9,11H2,1H3. The Balaban J connectivity index is 1.80. The molecule has 1 fully saturated rings. The first-order valence-electron chi connectivity index (χ1n) is 7.68. The van der Waals surface area contributed by atoms with Crippen LogP contribution in [0.2, 0.25) is 0 Å². The summed E-state index contributed by atoms with van der Waals surface area (Å²) in [7, 11) is 0. The Kier molecular flexibility index (Phi) is 4.48. The van der Waals surface area contributed by atoms with Gasteiger partial charge in [-0.15, -0.1) is 0 Å². The van der Waals surface area contributed by atoms with Gasteiger partial charge in [0, 0.05) is 43.2 Å². The predicted molar refractivity (Wildman–Crippen MR) is 82.3 cm³/mol. The molecule has 1 amide bonds. The number of nitrogens with zero attached hydrogens (tertiary/aromatic N) is 3. The second-order valence-corrected chi connectivity index (χ2v) is 5.46. The summed E-state index contributed by atoms with van der Waals surface area (Å²) in [5.41, 5.74) is 1.23. The van der Waals surface area contributed by atoms with Crippen molar-refractivity contribution >= 4 is 5.91 Å². The molecule has 2 aromatic heterocycles. The van der Waals surface area contributed by atoms with E-state index in [2.05, 4.69) is 22.4 Å². The van der Waals surface area contributed by atoms with Crippen molar-refractivity contribution < 1.29 is 9.32 Å². The number of rotatable bonds is 5. The molecule has 1 unspecified atom stereocenters. The second-order valence-electron chi connectivity index (χ2n) is 5.46. The summed E-state index contributed by atoms with van der Waals surface area (Å²) >= 11 is 0. The fourth-order valence-electron chi connectivity index (χ4n) is 2.77. The highest BCUT2D eigenvalue weighted by molar-refractivity contribution is 5.93. The molecule has 116 valence electrons. The zero-order valence-corrected chi connectivity index (χ0v) is 12.7. The van der Waals surface area contributed by atoms with Gasteiger partial charge in [-0.3, -0.25) is 9.78 Å². The van der Waals surface area contributed by atoms with E-state index >= 15 is 0 Å². The Morgan fingerprint density at radius 3 is 2.95 bits per heavy atom. The second kappa shape index (κ2) is 6.70. The van der Waals surface area contributed by atoms with Crippen molar-refractivity contribution in [2.24, 2.45) is 0 Å². The Morgan fingerprint density at radius 1 is 1.45 bits per heavy atom. The molecule has 1 atom stereocenters. The molecule has 6 nitrogen and oxygen atoms in total. The Labute approximate surface area is 129 Å². The quantitative estimate of drug-likeness (QED) is 0.914. The number of hydrogen-bond donors (Lipinski definition) is 1. The van der Waals surface area contributed by atoms with Crippen LogP contribution in [0.3, 0.4) is 0 Å². The van der Waals surface area contributed by atoms with Gasteiger partial charge in [-0.25, -0.2) is 0 Å². The predicted octanol–water partition coefficient (Wildman–Crippen LogP) is 1.95. The molecule has 0 radical (unpaired) electrons. The minimum atomic E-state index is -0.0559. The Bertz CT molecular complexity index is 620. The SMILES string of the molecule is CCCN(C(=O)c1cc(-c2ccncc2)on1)C1CCNC1. The van der Waals surface area contributed by atoms with Crippen molar-refractivity contribution in [2.45, 2.75) is 25.8 Å². The van der Waals surface area contributed by atoms with Gasteiger partial charge in [0.25, 0.3) is 5.91 Å². The summed E-state index contributed by atoms with van der Waals surface area (Å²) in [6, 6.07) is 5.62. The molecule has 2 aromatic rings. The molecule has 22 heavy (non-hydrogen) atoms. The van der Waals surface area contributed by atoms with E-state index in [1.54, 1.807) is 18.5 Å². The van der Waals surface area contributed by atoms with E-state index in [0.717, 1.165) is 38.0 Å². The monoisotopic (exact) mass is 300 g/mol. The highest BCUT2D eigenvalue weighted by Crippen LogP contribution is 2.21. The summed E-state index contributed by atoms with van der Waals surface area (Å²) in [4.78, 5) is 18.6. The molecule has 3 heterocycles. The average molecular weight is 300 g/mol. The minimum Gasteiger partial charge on any atom is -0.355 e. The van der Waals surface area contributed by atoms with Gasteiger partial charge in [-0.1, -0.05) is 12.1 Å². The Morgan fingerprint density at radius 2 is 2.27 bits per heavy atom. The molecular formula is C16H20N4O2.